The molecule has 1 rings (SSSR count). The van der Waals surface area contributed by atoms with Crippen LogP contribution >= 0.6 is 0 Å². The maximum Gasteiger partial charge on any atom is 0.339 e. The second kappa shape index (κ2) is 4.77. The summed E-state index contributed by atoms with van der Waals surface area (Å²) < 4.78 is 0. The van der Waals surface area contributed by atoms with E-state index in [1.807, 2.05) is 13.8 Å². The highest BCUT2D eigenvalue weighted by Gasteiger charge is 2.14. The summed E-state index contributed by atoms with van der Waals surface area (Å²) in [6.45, 7) is 6.38. The van der Waals surface area contributed by atoms with Crippen LogP contribution in [-0.4, -0.2) is 22.6 Å². The lowest BCUT2D eigenvalue weighted by Crippen LogP contribution is -2.10. The lowest BCUT2D eigenvalue weighted by atomic mass is 10.1. The highest BCUT2D eigenvalue weighted by atomic mass is 16.4. The number of carboxylic acids is 1. The van der Waals surface area contributed by atoms with E-state index < -0.39 is 5.97 Å². The molecule has 0 radical (unpaired) electrons. The molecule has 0 aliphatic heterocycles. The summed E-state index contributed by atoms with van der Waals surface area (Å²) in [5, 5.41) is 12.2. The molecule has 0 aromatic carbocycles. The largest absolute Gasteiger partial charge is 0.478 e. The number of pyridine rings is 1. The van der Waals surface area contributed by atoms with Gasteiger partial charge in [0.05, 0.1) is 11.4 Å². The third kappa shape index (κ3) is 2.68. The Kier molecular flexibility index (Phi) is 3.66. The zero-order chi connectivity index (χ0) is 11.4. The minimum Gasteiger partial charge on any atom is -0.478 e. The number of anilines is 1. The summed E-state index contributed by atoms with van der Waals surface area (Å²) in [4.78, 5) is 15.2. The van der Waals surface area contributed by atoms with Gasteiger partial charge in [-0.1, -0.05) is 6.92 Å². The smallest absolute Gasteiger partial charge is 0.339 e. The summed E-state index contributed by atoms with van der Waals surface area (Å²) in [5.74, 6) is -0.932. The van der Waals surface area contributed by atoms with Crippen LogP contribution < -0.4 is 5.32 Å². The molecule has 0 saturated heterocycles. The fraction of sp³-hybridized carbons (Fsp3) is 0.455. The second-order valence-corrected chi connectivity index (χ2v) is 3.50. The van der Waals surface area contributed by atoms with Crippen molar-refractivity contribution >= 4 is 11.7 Å². The second-order valence-electron chi connectivity index (χ2n) is 3.50. The number of nitrogens with zero attached hydrogens (tertiary/aromatic N) is 1. The lowest BCUT2D eigenvalue weighted by Gasteiger charge is -2.11. The predicted molar refractivity (Wildman–Crippen MR) is 59.5 cm³/mol. The molecule has 82 valence electrons. The van der Waals surface area contributed by atoms with Gasteiger partial charge in [0.2, 0.25) is 0 Å². The van der Waals surface area contributed by atoms with Crippen LogP contribution in [0.2, 0.25) is 0 Å². The van der Waals surface area contributed by atoms with Crippen LogP contribution in [0.3, 0.4) is 0 Å². The van der Waals surface area contributed by atoms with Crippen molar-refractivity contribution in [3.63, 3.8) is 0 Å². The van der Waals surface area contributed by atoms with E-state index in [0.29, 0.717) is 11.4 Å². The summed E-state index contributed by atoms with van der Waals surface area (Å²) >= 11 is 0. The van der Waals surface area contributed by atoms with Crippen LogP contribution in [0.25, 0.3) is 0 Å². The Morgan fingerprint density at radius 2 is 2.20 bits per heavy atom. The molecule has 0 unspecified atom stereocenters. The van der Waals surface area contributed by atoms with Crippen molar-refractivity contribution < 1.29 is 9.90 Å². The molecule has 1 aromatic rings. The van der Waals surface area contributed by atoms with Crippen LogP contribution in [0.1, 0.15) is 35.1 Å². The molecule has 0 saturated carbocycles. The molecule has 15 heavy (non-hydrogen) atoms. The Balaban J connectivity index is 3.14. The molecule has 0 bridgehead atoms. The van der Waals surface area contributed by atoms with Crippen molar-refractivity contribution in [2.75, 3.05) is 11.9 Å². The molecule has 0 aliphatic rings. The molecule has 4 nitrogen and oxygen atoms in total. The van der Waals surface area contributed by atoms with Crippen molar-refractivity contribution in [2.45, 2.75) is 27.2 Å². The van der Waals surface area contributed by atoms with Crippen molar-refractivity contribution in [1.82, 2.24) is 4.98 Å². The zero-order valence-corrected chi connectivity index (χ0v) is 9.29. The van der Waals surface area contributed by atoms with E-state index in [2.05, 4.69) is 10.3 Å². The Morgan fingerprint density at radius 3 is 2.73 bits per heavy atom. The van der Waals surface area contributed by atoms with Gasteiger partial charge in [-0.05, 0) is 26.3 Å². The first-order chi connectivity index (χ1) is 7.06. The number of rotatable bonds is 4. The van der Waals surface area contributed by atoms with Crippen LogP contribution in [0, 0.1) is 13.8 Å². The molecule has 0 aliphatic carbocycles. The van der Waals surface area contributed by atoms with Gasteiger partial charge in [0, 0.05) is 12.2 Å². The zero-order valence-electron chi connectivity index (χ0n) is 9.29. The van der Waals surface area contributed by atoms with Gasteiger partial charge in [-0.3, -0.25) is 4.98 Å². The number of hydrogen-bond acceptors (Lipinski definition) is 3. The van der Waals surface area contributed by atoms with E-state index in [4.69, 9.17) is 5.11 Å². The number of carboxylic acid groups (broad SMARTS) is 1. The Labute approximate surface area is 89.3 Å². The summed E-state index contributed by atoms with van der Waals surface area (Å²) in [5.41, 5.74) is 2.32. The van der Waals surface area contributed by atoms with Gasteiger partial charge in [0.25, 0.3) is 0 Å². The molecule has 4 heteroatoms. The fourth-order valence-corrected chi connectivity index (χ4v) is 1.50. The Hall–Kier alpha value is -1.58. The molecule has 2 N–H and O–H groups in total. The Bertz CT molecular complexity index is 375. The van der Waals surface area contributed by atoms with E-state index in [1.54, 1.807) is 13.0 Å². The summed E-state index contributed by atoms with van der Waals surface area (Å²) in [6.07, 6.45) is 0.958. The van der Waals surface area contributed by atoms with Gasteiger partial charge >= 0.3 is 5.97 Å². The van der Waals surface area contributed by atoms with Crippen molar-refractivity contribution in [3.8, 4) is 0 Å². The van der Waals surface area contributed by atoms with Gasteiger partial charge in [-0.15, -0.1) is 0 Å². The van der Waals surface area contributed by atoms with Crippen LogP contribution in [0.5, 0.6) is 0 Å². The van der Waals surface area contributed by atoms with Gasteiger partial charge in [-0.2, -0.15) is 0 Å². The first-order valence-electron chi connectivity index (χ1n) is 5.01. The van der Waals surface area contributed by atoms with Gasteiger partial charge in [0.15, 0.2) is 0 Å². The highest BCUT2D eigenvalue weighted by Crippen LogP contribution is 2.19. The quantitative estimate of drug-likeness (QED) is 0.796. The molecule has 1 aromatic heterocycles. The average Bonchev–Trinajstić information content (AvgIpc) is 2.12. The standard InChI is InChI=1S/C11H16N2O2/c1-4-5-12-9-6-7(2)13-8(3)10(9)11(14)15/h6H,4-5H2,1-3H3,(H,12,13)(H,14,15). The Morgan fingerprint density at radius 1 is 1.53 bits per heavy atom. The first-order valence-corrected chi connectivity index (χ1v) is 5.01. The van der Waals surface area contributed by atoms with E-state index in [0.717, 1.165) is 18.7 Å². The summed E-state index contributed by atoms with van der Waals surface area (Å²) in [6, 6.07) is 1.77. The van der Waals surface area contributed by atoms with E-state index in [1.165, 1.54) is 0 Å². The number of aryl methyl sites for hydroxylation is 2. The van der Waals surface area contributed by atoms with Crippen molar-refractivity contribution in [3.05, 3.63) is 23.0 Å². The normalized spacial score (nSPS) is 10.1. The molecule has 0 spiro atoms. The molecule has 0 fully saturated rings. The predicted octanol–water partition coefficient (Wildman–Crippen LogP) is 2.22. The minimum absolute atomic E-state index is 0.272. The van der Waals surface area contributed by atoms with E-state index in [-0.39, 0.29) is 5.56 Å². The first kappa shape index (κ1) is 11.5. The van der Waals surface area contributed by atoms with Gasteiger partial charge in [-0.25, -0.2) is 4.79 Å². The van der Waals surface area contributed by atoms with Crippen LogP contribution in [0.15, 0.2) is 6.07 Å². The summed E-state index contributed by atoms with van der Waals surface area (Å²) in [7, 11) is 0. The number of aromatic carboxylic acids is 1. The minimum atomic E-state index is -0.932. The number of hydrogen-bond donors (Lipinski definition) is 2. The third-order valence-electron chi connectivity index (χ3n) is 2.11. The SMILES string of the molecule is CCCNc1cc(C)nc(C)c1C(=O)O. The fourth-order valence-electron chi connectivity index (χ4n) is 1.50. The topological polar surface area (TPSA) is 62.2 Å². The molecule has 0 amide bonds. The van der Waals surface area contributed by atoms with Crippen LogP contribution in [0.4, 0.5) is 5.69 Å². The average molecular weight is 208 g/mol. The number of aromatic nitrogens is 1. The molecular formula is C11H16N2O2. The van der Waals surface area contributed by atoms with Crippen molar-refractivity contribution in [1.29, 1.82) is 0 Å². The third-order valence-corrected chi connectivity index (χ3v) is 2.11. The number of carbonyl (C=O) groups is 1. The highest BCUT2D eigenvalue weighted by molar-refractivity contribution is 5.95. The maximum atomic E-state index is 11.0. The molecule has 1 heterocycles. The maximum absolute atomic E-state index is 11.0. The number of nitrogens with one attached hydrogen (secondary N) is 1. The van der Waals surface area contributed by atoms with Gasteiger partial charge < -0.3 is 10.4 Å². The van der Waals surface area contributed by atoms with Crippen LogP contribution in [-0.2, 0) is 0 Å². The molecule has 0 atom stereocenters. The van der Waals surface area contributed by atoms with Gasteiger partial charge in [0.1, 0.15) is 5.56 Å². The van der Waals surface area contributed by atoms with E-state index in [9.17, 15) is 4.79 Å². The molecular weight excluding hydrogens is 192 g/mol. The van der Waals surface area contributed by atoms with Crippen molar-refractivity contribution in [2.24, 2.45) is 0 Å². The monoisotopic (exact) mass is 208 g/mol. The van der Waals surface area contributed by atoms with E-state index >= 15 is 0 Å². The lowest BCUT2D eigenvalue weighted by molar-refractivity contribution is 0.0696.